The molecule has 1 saturated heterocycles. The minimum absolute atomic E-state index is 0.0210. The van der Waals surface area contributed by atoms with E-state index in [4.69, 9.17) is 8.92 Å². The molecule has 1 atom stereocenters. The molecule has 0 amide bonds. The maximum Gasteiger partial charge on any atom is 0.416 e. The van der Waals surface area contributed by atoms with E-state index in [2.05, 4.69) is 0 Å². The van der Waals surface area contributed by atoms with Gasteiger partial charge in [-0.25, -0.2) is 4.79 Å². The van der Waals surface area contributed by atoms with E-state index in [0.717, 1.165) is 36.8 Å². The van der Waals surface area contributed by atoms with Crippen molar-refractivity contribution in [2.24, 2.45) is 5.92 Å². The molecule has 4 rings (SSSR count). The van der Waals surface area contributed by atoms with Gasteiger partial charge in [-0.05, 0) is 48.1 Å². The Balaban J connectivity index is 1.67. The van der Waals surface area contributed by atoms with Crippen molar-refractivity contribution in [1.82, 2.24) is 0 Å². The number of carbonyl (C=O) groups excluding carboxylic acids is 1. The van der Waals surface area contributed by atoms with E-state index in [9.17, 15) is 26.4 Å². The van der Waals surface area contributed by atoms with Crippen molar-refractivity contribution in [3.05, 3.63) is 52.9 Å². The molecule has 0 saturated carbocycles. The van der Waals surface area contributed by atoms with Crippen LogP contribution in [0.5, 0.6) is 0 Å². The first-order valence-electron chi connectivity index (χ1n) is 10.9. The molecule has 0 bridgehead atoms. The minimum Gasteiger partial charge on any atom is -0.465 e. The fourth-order valence-electron chi connectivity index (χ4n) is 4.32. The van der Waals surface area contributed by atoms with Crippen LogP contribution in [0.25, 0.3) is 21.2 Å². The summed E-state index contributed by atoms with van der Waals surface area (Å²) in [6, 6.07) is 8.96. The molecule has 6 nitrogen and oxygen atoms in total. The van der Waals surface area contributed by atoms with Crippen molar-refractivity contribution in [3.8, 4) is 11.1 Å². The van der Waals surface area contributed by atoms with Crippen LogP contribution in [0.1, 0.15) is 28.8 Å². The Morgan fingerprint density at radius 2 is 1.97 bits per heavy atom. The summed E-state index contributed by atoms with van der Waals surface area (Å²) in [6.45, 7) is 1.27. The lowest BCUT2D eigenvalue weighted by Gasteiger charge is -2.35. The van der Waals surface area contributed by atoms with E-state index < -0.39 is 27.8 Å². The van der Waals surface area contributed by atoms with Gasteiger partial charge in [0.05, 0.1) is 36.8 Å². The molecule has 2 heterocycles. The Morgan fingerprint density at radius 3 is 2.66 bits per heavy atom. The molecule has 0 aliphatic carbocycles. The summed E-state index contributed by atoms with van der Waals surface area (Å²) in [7, 11) is -2.26. The number of hydrogen-bond donors (Lipinski definition) is 0. The largest absolute Gasteiger partial charge is 0.465 e. The number of rotatable bonds is 6. The van der Waals surface area contributed by atoms with Gasteiger partial charge in [-0.3, -0.25) is 4.18 Å². The van der Waals surface area contributed by atoms with Crippen LogP contribution >= 0.6 is 11.3 Å². The van der Waals surface area contributed by atoms with Crippen LogP contribution in [0.4, 0.5) is 18.9 Å². The molecule has 1 aliphatic rings. The van der Waals surface area contributed by atoms with Crippen molar-refractivity contribution in [2.75, 3.05) is 38.0 Å². The van der Waals surface area contributed by atoms with Gasteiger partial charge in [0.2, 0.25) is 0 Å². The zero-order valence-corrected chi connectivity index (χ0v) is 20.7. The highest BCUT2D eigenvalue weighted by Gasteiger charge is 2.31. The van der Waals surface area contributed by atoms with Gasteiger partial charge in [0.25, 0.3) is 10.1 Å². The van der Waals surface area contributed by atoms with E-state index in [1.165, 1.54) is 24.5 Å². The summed E-state index contributed by atoms with van der Waals surface area (Å²) >= 11 is 1.21. The third-order valence-corrected chi connectivity index (χ3v) is 7.50. The number of esters is 1. The van der Waals surface area contributed by atoms with Gasteiger partial charge in [0.15, 0.2) is 0 Å². The first kappa shape index (κ1) is 25.5. The van der Waals surface area contributed by atoms with Crippen molar-refractivity contribution in [3.63, 3.8) is 0 Å². The maximum atomic E-state index is 13.1. The number of carbonyl (C=O) groups is 1. The highest BCUT2D eigenvalue weighted by Crippen LogP contribution is 2.39. The number of hydrogen-bond acceptors (Lipinski definition) is 7. The van der Waals surface area contributed by atoms with Crippen LogP contribution < -0.4 is 4.90 Å². The third-order valence-electron chi connectivity index (χ3n) is 5.99. The molecule has 35 heavy (non-hydrogen) atoms. The second kappa shape index (κ2) is 9.79. The number of anilines is 1. The van der Waals surface area contributed by atoms with E-state index >= 15 is 0 Å². The lowest BCUT2D eigenvalue weighted by molar-refractivity contribution is -0.137. The lowest BCUT2D eigenvalue weighted by Crippen LogP contribution is -2.38. The average Bonchev–Trinajstić information content (AvgIpc) is 3.24. The highest BCUT2D eigenvalue weighted by atomic mass is 32.2. The average molecular weight is 528 g/mol. The first-order chi connectivity index (χ1) is 16.5. The molecule has 1 aromatic heterocycles. The number of benzene rings is 2. The monoisotopic (exact) mass is 527 g/mol. The van der Waals surface area contributed by atoms with Crippen LogP contribution in [0.3, 0.4) is 0 Å². The fourth-order valence-corrected chi connectivity index (χ4v) is 5.77. The van der Waals surface area contributed by atoms with Gasteiger partial charge >= 0.3 is 12.1 Å². The van der Waals surface area contributed by atoms with E-state index in [0.29, 0.717) is 40.0 Å². The zero-order chi connectivity index (χ0) is 25.4. The molecule has 188 valence electrons. The molecule has 11 heteroatoms. The van der Waals surface area contributed by atoms with Gasteiger partial charge in [-0.15, -0.1) is 11.3 Å². The van der Waals surface area contributed by atoms with Gasteiger partial charge < -0.3 is 9.64 Å². The molecule has 0 N–H and O–H groups in total. The molecule has 2 aromatic carbocycles. The van der Waals surface area contributed by atoms with Gasteiger partial charge in [-0.2, -0.15) is 21.6 Å². The van der Waals surface area contributed by atoms with Crippen LogP contribution in [-0.4, -0.2) is 47.4 Å². The summed E-state index contributed by atoms with van der Waals surface area (Å²) < 4.78 is 72.5. The second-order valence-corrected chi connectivity index (χ2v) is 11.1. The highest BCUT2D eigenvalue weighted by molar-refractivity contribution is 7.85. The Morgan fingerprint density at radius 1 is 1.20 bits per heavy atom. The van der Waals surface area contributed by atoms with E-state index in [1.807, 2.05) is 11.0 Å². The van der Waals surface area contributed by atoms with Crippen LogP contribution in [0.15, 0.2) is 41.8 Å². The number of piperidine rings is 1. The van der Waals surface area contributed by atoms with E-state index in [-0.39, 0.29) is 12.5 Å². The zero-order valence-electron chi connectivity index (χ0n) is 19.1. The van der Waals surface area contributed by atoms with Crippen molar-refractivity contribution < 1.29 is 35.3 Å². The number of alkyl halides is 3. The molecule has 0 spiro atoms. The number of thiophene rings is 1. The lowest BCUT2D eigenvalue weighted by atomic mass is 9.96. The second-order valence-electron chi connectivity index (χ2n) is 8.52. The van der Waals surface area contributed by atoms with Crippen LogP contribution in [-0.2, 0) is 25.2 Å². The Kier molecular flexibility index (Phi) is 7.12. The molecule has 0 radical (unpaired) electrons. The van der Waals surface area contributed by atoms with Crippen LogP contribution in [0, 0.1) is 5.92 Å². The summed E-state index contributed by atoms with van der Waals surface area (Å²) in [6.07, 6.45) is -1.80. The maximum absolute atomic E-state index is 13.1. The Bertz CT molecular complexity index is 1350. The van der Waals surface area contributed by atoms with Gasteiger partial charge in [-0.1, -0.05) is 12.1 Å². The summed E-state index contributed by atoms with van der Waals surface area (Å²) in [5.41, 5.74) is 1.70. The quantitative estimate of drug-likeness (QED) is 0.309. The predicted molar refractivity (Wildman–Crippen MR) is 129 cm³/mol. The van der Waals surface area contributed by atoms with Gasteiger partial charge in [0.1, 0.15) is 0 Å². The molecule has 1 aliphatic heterocycles. The molecule has 3 aromatic rings. The molecule has 0 unspecified atom stereocenters. The van der Waals surface area contributed by atoms with Crippen molar-refractivity contribution in [2.45, 2.75) is 19.0 Å². The normalized spacial score (nSPS) is 17.1. The minimum atomic E-state index is -4.42. The first-order valence-corrected chi connectivity index (χ1v) is 13.6. The summed E-state index contributed by atoms with van der Waals surface area (Å²) in [5, 5.41) is 2.45. The summed E-state index contributed by atoms with van der Waals surface area (Å²) in [5.74, 6) is -0.553. The molecular formula is C24H24F3NO5S2. The fraction of sp³-hybridized carbons (Fsp3) is 0.375. The third kappa shape index (κ3) is 5.79. The topological polar surface area (TPSA) is 72.9 Å². The Hall–Kier alpha value is -2.63. The number of methoxy groups -OCH3 is 1. The number of ether oxygens (including phenoxy) is 1. The van der Waals surface area contributed by atoms with Crippen molar-refractivity contribution >= 4 is 43.2 Å². The standard InChI is InChI=1S/C24H24F3NO5S2/c1-32-23(29)19-10-16(20-14-34-22-11-17(24(25,26)27)6-7-18(20)22)5-8-21(19)28-9-3-4-15(12-28)13-33-35(2,30)31/h5-8,10-11,14-15H,3-4,9,12-13H2,1-2H3/t15-/m0/s1. The van der Waals surface area contributed by atoms with Crippen LogP contribution in [0.2, 0.25) is 0 Å². The number of halogens is 3. The van der Waals surface area contributed by atoms with Crippen molar-refractivity contribution in [1.29, 1.82) is 0 Å². The summed E-state index contributed by atoms with van der Waals surface area (Å²) in [4.78, 5) is 14.7. The number of nitrogens with zero attached hydrogens (tertiary/aromatic N) is 1. The molecular weight excluding hydrogens is 503 g/mol. The van der Waals surface area contributed by atoms with Gasteiger partial charge in [0, 0.05) is 34.7 Å². The SMILES string of the molecule is COC(=O)c1cc(-c2csc3cc(C(F)(F)F)ccc23)ccc1N1CCC[C@H](COS(C)(=O)=O)C1. The van der Waals surface area contributed by atoms with E-state index in [1.54, 1.807) is 17.5 Å². The molecule has 1 fully saturated rings. The number of fused-ring (bicyclic) bond motifs is 1. The predicted octanol–water partition coefficient (Wildman–Crippen LogP) is 5.57. The smallest absolute Gasteiger partial charge is 0.416 e. The Labute approximate surface area is 205 Å².